The fraction of sp³-hybridized carbons (Fsp3) is 0.857. The SMILES string of the molecule is C=C([I-]CN)C(CCC)CCCCC(C)C. The van der Waals surface area contributed by atoms with Gasteiger partial charge >= 0.3 is 113 Å². The molecule has 0 spiro atoms. The Hall–Kier alpha value is 0.430. The third-order valence-electron chi connectivity index (χ3n) is 2.91. The van der Waals surface area contributed by atoms with Gasteiger partial charge in [0.15, 0.2) is 0 Å². The van der Waals surface area contributed by atoms with Crippen LogP contribution in [0.15, 0.2) is 10.2 Å². The maximum atomic E-state index is 5.65. The first-order valence-electron chi connectivity index (χ1n) is 6.59. The van der Waals surface area contributed by atoms with E-state index in [0.717, 1.165) is 16.4 Å². The summed E-state index contributed by atoms with van der Waals surface area (Å²) in [6.07, 6.45) is 8.07. The quantitative estimate of drug-likeness (QED) is 0.275. The predicted molar refractivity (Wildman–Crippen MR) is 69.9 cm³/mol. The van der Waals surface area contributed by atoms with Gasteiger partial charge in [-0.1, -0.05) is 0 Å². The van der Waals surface area contributed by atoms with Gasteiger partial charge in [-0.05, 0) is 0 Å². The average Bonchev–Trinajstić information content (AvgIpc) is 2.22. The Morgan fingerprint density at radius 3 is 2.31 bits per heavy atom. The number of allylic oxidation sites excluding steroid dienone is 1. The zero-order valence-corrected chi connectivity index (χ0v) is 13.4. The van der Waals surface area contributed by atoms with Crippen LogP contribution in [-0.4, -0.2) is 4.55 Å². The molecule has 1 atom stereocenters. The molecule has 0 bridgehead atoms. The van der Waals surface area contributed by atoms with Crippen LogP contribution in [0.3, 0.4) is 0 Å². The van der Waals surface area contributed by atoms with Crippen molar-refractivity contribution in [2.24, 2.45) is 17.6 Å². The third-order valence-corrected chi connectivity index (χ3v) is 5.21. The molecule has 0 aliphatic heterocycles. The molecule has 1 unspecified atom stereocenters. The molecule has 0 aliphatic rings. The Morgan fingerprint density at radius 1 is 1.19 bits per heavy atom. The standard InChI is InChI=1S/C14H29IN/c1-5-8-14(13(4)15-11-16)10-7-6-9-12(2)3/h12,14H,4-11,16H2,1-3H3/q-1. The van der Waals surface area contributed by atoms with Crippen molar-refractivity contribution in [1.29, 1.82) is 0 Å². The Bertz CT molecular complexity index is 178. The van der Waals surface area contributed by atoms with E-state index in [-0.39, 0.29) is 21.2 Å². The van der Waals surface area contributed by atoms with Gasteiger partial charge in [0.2, 0.25) is 0 Å². The molecule has 0 aromatic carbocycles. The molecule has 2 N–H and O–H groups in total. The molecule has 0 aliphatic carbocycles. The molecule has 0 saturated carbocycles. The van der Waals surface area contributed by atoms with E-state index in [1.54, 1.807) is 0 Å². The number of hydrogen-bond donors (Lipinski definition) is 1. The summed E-state index contributed by atoms with van der Waals surface area (Å²) < 4.78 is 2.36. The monoisotopic (exact) mass is 338 g/mol. The second kappa shape index (κ2) is 10.6. The molecular weight excluding hydrogens is 309 g/mol. The normalized spacial score (nSPS) is 13.3. The summed E-state index contributed by atoms with van der Waals surface area (Å²) in [4.78, 5) is 0. The zero-order chi connectivity index (χ0) is 12.4. The molecule has 98 valence electrons. The van der Waals surface area contributed by atoms with Crippen LogP contribution in [0.1, 0.15) is 59.3 Å². The van der Waals surface area contributed by atoms with Crippen LogP contribution >= 0.6 is 0 Å². The van der Waals surface area contributed by atoms with E-state index in [1.165, 1.54) is 42.1 Å². The van der Waals surface area contributed by atoms with E-state index in [2.05, 4.69) is 27.4 Å². The van der Waals surface area contributed by atoms with Crippen LogP contribution in [-0.2, 0) is 0 Å². The molecule has 1 nitrogen and oxygen atoms in total. The molecule has 2 heteroatoms. The van der Waals surface area contributed by atoms with Crippen molar-refractivity contribution in [3.63, 3.8) is 0 Å². The number of rotatable bonds is 10. The van der Waals surface area contributed by atoms with Gasteiger partial charge in [-0.3, -0.25) is 0 Å². The van der Waals surface area contributed by atoms with Crippen molar-refractivity contribution in [3.8, 4) is 0 Å². The third kappa shape index (κ3) is 8.57. The van der Waals surface area contributed by atoms with Crippen LogP contribution in [0, 0.1) is 11.8 Å². The van der Waals surface area contributed by atoms with E-state index in [4.69, 9.17) is 5.73 Å². The molecule has 0 rings (SSSR count). The molecule has 16 heavy (non-hydrogen) atoms. The Balaban J connectivity index is 3.80. The van der Waals surface area contributed by atoms with E-state index in [9.17, 15) is 0 Å². The topological polar surface area (TPSA) is 26.0 Å². The van der Waals surface area contributed by atoms with Crippen LogP contribution in [0.5, 0.6) is 0 Å². The number of nitrogens with two attached hydrogens (primary N) is 1. The van der Waals surface area contributed by atoms with Gasteiger partial charge in [0.05, 0.1) is 0 Å². The van der Waals surface area contributed by atoms with Crippen LogP contribution in [0.25, 0.3) is 0 Å². The maximum absolute atomic E-state index is 5.65. The van der Waals surface area contributed by atoms with Gasteiger partial charge in [0.1, 0.15) is 0 Å². The van der Waals surface area contributed by atoms with E-state index in [1.807, 2.05) is 0 Å². The van der Waals surface area contributed by atoms with Crippen molar-refractivity contribution >= 4 is 0 Å². The van der Waals surface area contributed by atoms with Crippen LogP contribution in [0.4, 0.5) is 0 Å². The summed E-state index contributed by atoms with van der Waals surface area (Å²) in [6.45, 7) is 11.1. The van der Waals surface area contributed by atoms with Crippen molar-refractivity contribution in [3.05, 3.63) is 10.2 Å². The Kier molecular flexibility index (Phi) is 10.9. The first kappa shape index (κ1) is 16.4. The number of halogens is 1. The molecule has 0 aromatic heterocycles. The minimum absolute atomic E-state index is 0.0607. The van der Waals surface area contributed by atoms with Crippen molar-refractivity contribution in [1.82, 2.24) is 0 Å². The number of unbranched alkanes of at least 4 members (excludes halogenated alkanes) is 1. The van der Waals surface area contributed by atoms with E-state index in [0.29, 0.717) is 0 Å². The average molecular weight is 338 g/mol. The van der Waals surface area contributed by atoms with Gasteiger partial charge in [0, 0.05) is 0 Å². The van der Waals surface area contributed by atoms with Gasteiger partial charge in [-0.15, -0.1) is 0 Å². The van der Waals surface area contributed by atoms with Gasteiger partial charge in [-0.25, -0.2) is 0 Å². The first-order valence-corrected chi connectivity index (χ1v) is 9.20. The summed E-state index contributed by atoms with van der Waals surface area (Å²) in [7, 11) is 0. The molecule has 0 saturated heterocycles. The van der Waals surface area contributed by atoms with Crippen LogP contribution in [0.2, 0.25) is 0 Å². The molecule has 0 radical (unpaired) electrons. The summed E-state index contributed by atoms with van der Waals surface area (Å²) >= 11 is 0.0607. The first-order chi connectivity index (χ1) is 7.61. The predicted octanol–water partition coefficient (Wildman–Crippen LogP) is 1.14. The molecular formula is C14H29IN-. The summed E-state index contributed by atoms with van der Waals surface area (Å²) in [5.74, 6) is 1.62. The Labute approximate surface area is 113 Å². The molecule has 0 heterocycles. The zero-order valence-electron chi connectivity index (χ0n) is 11.3. The second-order valence-corrected chi connectivity index (χ2v) is 7.93. The molecule has 0 aromatic rings. The van der Waals surface area contributed by atoms with E-state index >= 15 is 0 Å². The summed E-state index contributed by atoms with van der Waals surface area (Å²) in [5, 5.41) is 0. The number of hydrogen-bond acceptors (Lipinski definition) is 1. The van der Waals surface area contributed by atoms with Crippen molar-refractivity contribution in [2.45, 2.75) is 59.3 Å². The second-order valence-electron chi connectivity index (χ2n) is 4.90. The number of alkyl halides is 1. The molecule has 0 amide bonds. The van der Waals surface area contributed by atoms with Crippen LogP contribution < -0.4 is 26.9 Å². The molecule has 0 fully saturated rings. The van der Waals surface area contributed by atoms with Gasteiger partial charge in [0.25, 0.3) is 0 Å². The van der Waals surface area contributed by atoms with Gasteiger partial charge in [-0.2, -0.15) is 0 Å². The van der Waals surface area contributed by atoms with Crippen molar-refractivity contribution < 1.29 is 21.2 Å². The van der Waals surface area contributed by atoms with Crippen molar-refractivity contribution in [2.75, 3.05) is 4.55 Å². The van der Waals surface area contributed by atoms with Gasteiger partial charge < -0.3 is 0 Å². The summed E-state index contributed by atoms with van der Waals surface area (Å²) in [6, 6.07) is 0. The Morgan fingerprint density at radius 2 is 1.81 bits per heavy atom. The fourth-order valence-electron chi connectivity index (χ4n) is 1.96. The van der Waals surface area contributed by atoms with E-state index < -0.39 is 0 Å². The minimum atomic E-state index is 0.0607. The summed E-state index contributed by atoms with van der Waals surface area (Å²) in [5.41, 5.74) is 5.65. The fourth-order valence-corrected chi connectivity index (χ4v) is 3.77.